The van der Waals surface area contributed by atoms with Crippen LogP contribution in [0.5, 0.6) is 0 Å². The zero-order valence-electron chi connectivity index (χ0n) is 6.85. The quantitative estimate of drug-likeness (QED) is 0.573. The molecule has 72 valence electrons. The summed E-state index contributed by atoms with van der Waals surface area (Å²) >= 11 is 5.71. The fourth-order valence-electron chi connectivity index (χ4n) is 1.20. The van der Waals surface area contributed by atoms with E-state index in [1.54, 1.807) is 6.07 Å². The van der Waals surface area contributed by atoms with E-state index in [2.05, 4.69) is 4.98 Å². The Bertz CT molecular complexity index is 522. The van der Waals surface area contributed by atoms with Gasteiger partial charge >= 0.3 is 11.8 Å². The van der Waals surface area contributed by atoms with Gasteiger partial charge in [0.2, 0.25) is 0 Å². The second-order valence-corrected chi connectivity index (χ2v) is 3.09. The van der Waals surface area contributed by atoms with Crippen molar-refractivity contribution in [3.05, 3.63) is 33.5 Å². The van der Waals surface area contributed by atoms with Crippen molar-refractivity contribution in [1.82, 2.24) is 9.38 Å². The van der Waals surface area contributed by atoms with Gasteiger partial charge in [0.05, 0.1) is 5.02 Å². The Morgan fingerprint density at radius 3 is 2.93 bits per heavy atom. The Hall–Kier alpha value is -1.82. The number of fused-ring (bicyclic) bond motifs is 1. The second-order valence-electron chi connectivity index (χ2n) is 2.65. The summed E-state index contributed by atoms with van der Waals surface area (Å²) in [6.45, 7) is 0. The van der Waals surface area contributed by atoms with Crippen LogP contribution in [-0.4, -0.2) is 14.3 Å². The van der Waals surface area contributed by atoms with Gasteiger partial charge in [-0.1, -0.05) is 11.6 Å². The van der Waals surface area contributed by atoms with E-state index < -0.39 is 4.92 Å². The fraction of sp³-hybridized carbons (Fsp3) is 0. The molecule has 2 rings (SSSR count). The lowest BCUT2D eigenvalue weighted by Gasteiger charge is -1.93. The number of nitro groups is 1. The molecule has 0 saturated carbocycles. The Morgan fingerprint density at radius 2 is 2.29 bits per heavy atom. The molecule has 6 nitrogen and oxygen atoms in total. The molecule has 0 spiro atoms. The van der Waals surface area contributed by atoms with E-state index in [0.717, 1.165) is 0 Å². The molecule has 7 heteroatoms. The third kappa shape index (κ3) is 1.16. The number of nitrogens with two attached hydrogens (primary N) is 1. The minimum absolute atomic E-state index is 0.0502. The Kier molecular flexibility index (Phi) is 1.78. The molecule has 0 fully saturated rings. The van der Waals surface area contributed by atoms with Gasteiger partial charge in [0.1, 0.15) is 5.52 Å². The molecule has 0 saturated heterocycles. The first-order valence-corrected chi connectivity index (χ1v) is 4.05. The molecule has 0 radical (unpaired) electrons. The monoisotopic (exact) mass is 212 g/mol. The van der Waals surface area contributed by atoms with Crippen molar-refractivity contribution >= 4 is 28.9 Å². The average molecular weight is 213 g/mol. The summed E-state index contributed by atoms with van der Waals surface area (Å²) in [6.07, 6.45) is 1.48. The zero-order valence-corrected chi connectivity index (χ0v) is 7.60. The molecule has 0 atom stereocenters. The molecular formula is C7H5ClN4O2. The molecule has 0 aliphatic heterocycles. The number of imidazole rings is 1. The summed E-state index contributed by atoms with van der Waals surface area (Å²) in [5.74, 6) is -0.214. The molecule has 0 aromatic carbocycles. The molecule has 2 aromatic heterocycles. The number of aromatic nitrogens is 2. The molecule has 0 bridgehead atoms. The smallest absolute Gasteiger partial charge is 0.358 e. The molecule has 2 N–H and O–H groups in total. The summed E-state index contributed by atoms with van der Waals surface area (Å²) in [7, 11) is 0. The largest absolute Gasteiger partial charge is 0.391 e. The van der Waals surface area contributed by atoms with E-state index in [4.69, 9.17) is 17.3 Å². The molecular weight excluding hydrogens is 208 g/mol. The van der Waals surface area contributed by atoms with Crippen molar-refractivity contribution in [3.63, 3.8) is 0 Å². The number of hydrogen-bond acceptors (Lipinski definition) is 4. The van der Waals surface area contributed by atoms with Crippen LogP contribution in [0.15, 0.2) is 18.3 Å². The molecule has 0 amide bonds. The highest BCUT2D eigenvalue weighted by Crippen LogP contribution is 2.23. The number of nitrogens with zero attached hydrogens (tertiary/aromatic N) is 3. The van der Waals surface area contributed by atoms with Crippen molar-refractivity contribution < 1.29 is 4.92 Å². The number of halogens is 1. The van der Waals surface area contributed by atoms with E-state index in [-0.39, 0.29) is 11.8 Å². The Morgan fingerprint density at radius 1 is 1.57 bits per heavy atom. The number of rotatable bonds is 1. The first kappa shape index (κ1) is 8.76. The van der Waals surface area contributed by atoms with Crippen LogP contribution in [0.3, 0.4) is 0 Å². The van der Waals surface area contributed by atoms with Crippen LogP contribution in [0.1, 0.15) is 0 Å². The van der Waals surface area contributed by atoms with Gasteiger partial charge < -0.3 is 15.8 Å². The van der Waals surface area contributed by atoms with Crippen molar-refractivity contribution in [2.24, 2.45) is 0 Å². The van der Waals surface area contributed by atoms with Crippen LogP contribution in [-0.2, 0) is 0 Å². The summed E-state index contributed by atoms with van der Waals surface area (Å²) in [4.78, 5) is 13.6. The summed E-state index contributed by atoms with van der Waals surface area (Å²) < 4.78 is 1.38. The van der Waals surface area contributed by atoms with Crippen LogP contribution < -0.4 is 5.73 Å². The predicted octanol–water partition coefficient (Wildman–Crippen LogP) is 1.48. The standard InChI is InChI=1S/C7H5ClN4O2/c8-4-1-2-5-6(12(13)14)10-7(9)11(5)3-4/h1-3H,(H2,9,10). The lowest BCUT2D eigenvalue weighted by molar-refractivity contribution is -0.387. The normalized spacial score (nSPS) is 10.6. The van der Waals surface area contributed by atoms with Crippen molar-refractivity contribution in [2.75, 3.05) is 5.73 Å². The van der Waals surface area contributed by atoms with Crippen LogP contribution in [0.2, 0.25) is 5.02 Å². The lowest BCUT2D eigenvalue weighted by atomic mass is 10.4. The molecule has 0 aliphatic carbocycles. The third-order valence-corrected chi connectivity index (χ3v) is 2.01. The maximum Gasteiger partial charge on any atom is 0.391 e. The van der Waals surface area contributed by atoms with Gasteiger partial charge in [-0.05, 0) is 17.1 Å². The molecule has 0 aliphatic rings. The molecule has 0 unspecified atom stereocenters. The van der Waals surface area contributed by atoms with Crippen LogP contribution in [0.25, 0.3) is 5.52 Å². The minimum atomic E-state index is -0.584. The van der Waals surface area contributed by atoms with Crippen molar-refractivity contribution in [2.45, 2.75) is 0 Å². The van der Waals surface area contributed by atoms with Gasteiger partial charge in [-0.25, -0.2) is 0 Å². The summed E-state index contributed by atoms with van der Waals surface area (Å²) in [5, 5.41) is 11.0. The van der Waals surface area contributed by atoms with Crippen molar-refractivity contribution in [3.8, 4) is 0 Å². The zero-order chi connectivity index (χ0) is 10.3. The maximum absolute atomic E-state index is 10.6. The van der Waals surface area contributed by atoms with Crippen LogP contribution in [0.4, 0.5) is 11.8 Å². The van der Waals surface area contributed by atoms with Gasteiger partial charge in [-0.15, -0.1) is 0 Å². The minimum Gasteiger partial charge on any atom is -0.358 e. The highest BCUT2D eigenvalue weighted by atomic mass is 35.5. The molecule has 2 aromatic rings. The summed E-state index contributed by atoms with van der Waals surface area (Å²) in [5.41, 5.74) is 5.80. The van der Waals surface area contributed by atoms with Gasteiger partial charge in [0.25, 0.3) is 0 Å². The van der Waals surface area contributed by atoms with Gasteiger partial charge in [-0.3, -0.25) is 4.40 Å². The molecule has 2 heterocycles. The first-order chi connectivity index (χ1) is 6.59. The highest BCUT2D eigenvalue weighted by molar-refractivity contribution is 6.30. The highest BCUT2D eigenvalue weighted by Gasteiger charge is 2.19. The van der Waals surface area contributed by atoms with Gasteiger partial charge in [0.15, 0.2) is 0 Å². The SMILES string of the molecule is Nc1nc([N+](=O)[O-])c2ccc(Cl)cn12. The first-order valence-electron chi connectivity index (χ1n) is 3.67. The van der Waals surface area contributed by atoms with E-state index >= 15 is 0 Å². The number of pyridine rings is 1. The topological polar surface area (TPSA) is 86.5 Å². The second kappa shape index (κ2) is 2.85. The third-order valence-electron chi connectivity index (χ3n) is 1.78. The summed E-state index contributed by atoms with van der Waals surface area (Å²) in [6, 6.07) is 3.05. The van der Waals surface area contributed by atoms with E-state index in [9.17, 15) is 10.1 Å². The number of hydrogen-bond donors (Lipinski definition) is 1. The average Bonchev–Trinajstić information content (AvgIpc) is 2.44. The fourth-order valence-corrected chi connectivity index (χ4v) is 1.36. The Labute approximate surface area is 83.1 Å². The number of anilines is 1. The van der Waals surface area contributed by atoms with Gasteiger partial charge in [-0.2, -0.15) is 0 Å². The van der Waals surface area contributed by atoms with Crippen LogP contribution >= 0.6 is 11.6 Å². The van der Waals surface area contributed by atoms with Crippen molar-refractivity contribution in [1.29, 1.82) is 0 Å². The van der Waals surface area contributed by atoms with E-state index in [1.165, 1.54) is 16.7 Å². The number of nitrogen functional groups attached to an aromatic ring is 1. The Balaban J connectivity index is 2.84. The van der Waals surface area contributed by atoms with Crippen LogP contribution in [0, 0.1) is 10.1 Å². The van der Waals surface area contributed by atoms with E-state index in [1.807, 2.05) is 0 Å². The van der Waals surface area contributed by atoms with Gasteiger partial charge in [0, 0.05) is 11.2 Å². The maximum atomic E-state index is 10.6. The molecule has 14 heavy (non-hydrogen) atoms. The lowest BCUT2D eigenvalue weighted by Crippen LogP contribution is -1.92. The predicted molar refractivity (Wildman–Crippen MR) is 51.3 cm³/mol. The van der Waals surface area contributed by atoms with E-state index in [0.29, 0.717) is 10.5 Å².